The molecule has 1 unspecified atom stereocenters. The van der Waals surface area contributed by atoms with Crippen LogP contribution in [0.15, 0.2) is 24.3 Å². The van der Waals surface area contributed by atoms with Crippen LogP contribution in [0.1, 0.15) is 61.6 Å². The maximum Gasteiger partial charge on any atom is 0.0444 e. The number of rotatable bonds is 8. The molecule has 21 heavy (non-hydrogen) atoms. The number of nitrogens with one attached hydrogen (secondary N) is 1. The first-order valence-corrected chi connectivity index (χ1v) is 8.88. The van der Waals surface area contributed by atoms with Gasteiger partial charge in [0.15, 0.2) is 0 Å². The fourth-order valence-electron chi connectivity index (χ4n) is 3.80. The molecule has 0 saturated heterocycles. The van der Waals surface area contributed by atoms with Gasteiger partial charge in [-0.2, -0.15) is 0 Å². The van der Waals surface area contributed by atoms with Crippen LogP contribution in [0, 0.1) is 17.8 Å². The molecule has 1 aromatic carbocycles. The van der Waals surface area contributed by atoms with Gasteiger partial charge in [0.05, 0.1) is 0 Å². The van der Waals surface area contributed by atoms with E-state index >= 15 is 0 Å². The van der Waals surface area contributed by atoms with Gasteiger partial charge in [-0.15, -0.1) is 0 Å². The number of hydrogen-bond donors (Lipinski definition) is 2. The second-order valence-electron chi connectivity index (χ2n) is 7.48. The lowest BCUT2D eigenvalue weighted by Crippen LogP contribution is -2.33. The van der Waals surface area contributed by atoms with E-state index in [1.54, 1.807) is 0 Å². The van der Waals surface area contributed by atoms with Crippen molar-refractivity contribution in [1.29, 1.82) is 0 Å². The molecule has 3 aliphatic carbocycles. The molecule has 0 spiro atoms. The van der Waals surface area contributed by atoms with Crippen LogP contribution in [0.3, 0.4) is 0 Å². The molecule has 3 N–H and O–H groups in total. The Morgan fingerprint density at radius 1 is 0.952 bits per heavy atom. The van der Waals surface area contributed by atoms with Crippen LogP contribution >= 0.6 is 0 Å². The highest BCUT2D eigenvalue weighted by Crippen LogP contribution is 2.49. The maximum absolute atomic E-state index is 6.02. The molecule has 3 fully saturated rings. The summed E-state index contributed by atoms with van der Waals surface area (Å²) >= 11 is 0. The largest absolute Gasteiger partial charge is 0.329 e. The summed E-state index contributed by atoms with van der Waals surface area (Å²) in [6.07, 6.45) is 8.61. The van der Waals surface area contributed by atoms with Crippen molar-refractivity contribution in [2.75, 3.05) is 13.1 Å². The van der Waals surface area contributed by atoms with Gasteiger partial charge >= 0.3 is 0 Å². The maximum atomic E-state index is 6.02. The molecule has 2 heteroatoms. The monoisotopic (exact) mass is 284 g/mol. The predicted octanol–water partition coefficient (Wildman–Crippen LogP) is 3.59. The van der Waals surface area contributed by atoms with Crippen molar-refractivity contribution in [3.8, 4) is 0 Å². The normalized spacial score (nSPS) is 23.5. The average molecular weight is 284 g/mol. The number of hydrogen-bond acceptors (Lipinski definition) is 2. The third kappa shape index (κ3) is 3.32. The van der Waals surface area contributed by atoms with Gasteiger partial charge in [0, 0.05) is 12.6 Å². The topological polar surface area (TPSA) is 38.0 Å². The van der Waals surface area contributed by atoms with Gasteiger partial charge in [0.1, 0.15) is 0 Å². The van der Waals surface area contributed by atoms with E-state index in [-0.39, 0.29) is 0 Å². The minimum atomic E-state index is 0.332. The molecular formula is C19H28N2. The predicted molar refractivity (Wildman–Crippen MR) is 87.2 cm³/mol. The first-order valence-electron chi connectivity index (χ1n) is 8.88. The van der Waals surface area contributed by atoms with Crippen molar-refractivity contribution < 1.29 is 0 Å². The molecule has 4 rings (SSSR count). The lowest BCUT2D eigenvalue weighted by molar-refractivity contribution is 0.357. The third-order valence-corrected chi connectivity index (χ3v) is 5.68. The van der Waals surface area contributed by atoms with Gasteiger partial charge in [0.2, 0.25) is 0 Å². The zero-order valence-corrected chi connectivity index (χ0v) is 12.9. The molecule has 0 aliphatic heterocycles. The van der Waals surface area contributed by atoms with E-state index < -0.39 is 0 Å². The molecule has 1 aromatic rings. The Balaban J connectivity index is 1.36. The Morgan fingerprint density at radius 3 is 2.05 bits per heavy atom. The molecule has 114 valence electrons. The van der Waals surface area contributed by atoms with Crippen LogP contribution in [-0.2, 0) is 0 Å². The van der Waals surface area contributed by atoms with Gasteiger partial charge in [-0.1, -0.05) is 24.3 Å². The fraction of sp³-hybridized carbons (Fsp3) is 0.684. The van der Waals surface area contributed by atoms with E-state index in [0.29, 0.717) is 12.6 Å². The highest BCUT2D eigenvalue weighted by atomic mass is 14.9. The van der Waals surface area contributed by atoms with Crippen LogP contribution in [0.2, 0.25) is 0 Å². The zero-order chi connectivity index (χ0) is 14.2. The average Bonchev–Trinajstić information content (AvgIpc) is 3.40. The van der Waals surface area contributed by atoms with Crippen LogP contribution in [0.25, 0.3) is 0 Å². The SMILES string of the molecule is NCC(NCC(C1CC1)C1CC1)c1ccc(C2CC2)cc1. The number of nitrogens with two attached hydrogens (primary N) is 1. The van der Waals surface area contributed by atoms with E-state index in [1.165, 1.54) is 56.2 Å². The fourth-order valence-corrected chi connectivity index (χ4v) is 3.80. The summed E-state index contributed by atoms with van der Waals surface area (Å²) in [5.41, 5.74) is 8.91. The first kappa shape index (κ1) is 13.8. The zero-order valence-electron chi connectivity index (χ0n) is 12.9. The van der Waals surface area contributed by atoms with E-state index in [0.717, 1.165) is 23.7 Å². The molecule has 3 aliphatic rings. The van der Waals surface area contributed by atoms with Gasteiger partial charge < -0.3 is 11.1 Å². The second-order valence-corrected chi connectivity index (χ2v) is 7.48. The summed E-state index contributed by atoms with van der Waals surface area (Å²) < 4.78 is 0. The quantitative estimate of drug-likeness (QED) is 0.765. The highest BCUT2D eigenvalue weighted by Gasteiger charge is 2.41. The molecule has 0 aromatic heterocycles. The highest BCUT2D eigenvalue weighted by molar-refractivity contribution is 5.29. The summed E-state index contributed by atoms with van der Waals surface area (Å²) in [4.78, 5) is 0. The van der Waals surface area contributed by atoms with Crippen LogP contribution in [0.4, 0.5) is 0 Å². The van der Waals surface area contributed by atoms with E-state index in [2.05, 4.69) is 29.6 Å². The van der Waals surface area contributed by atoms with Gasteiger partial charge in [-0.3, -0.25) is 0 Å². The van der Waals surface area contributed by atoms with Crippen molar-refractivity contribution >= 4 is 0 Å². The van der Waals surface area contributed by atoms with Crippen molar-refractivity contribution in [3.05, 3.63) is 35.4 Å². The Bertz CT molecular complexity index is 457. The van der Waals surface area contributed by atoms with Crippen molar-refractivity contribution in [3.63, 3.8) is 0 Å². The summed E-state index contributed by atoms with van der Waals surface area (Å²) in [7, 11) is 0. The Hall–Kier alpha value is -0.860. The van der Waals surface area contributed by atoms with E-state index in [4.69, 9.17) is 5.73 Å². The first-order chi connectivity index (χ1) is 10.3. The van der Waals surface area contributed by atoms with E-state index in [1.807, 2.05) is 0 Å². The Labute approximate surface area is 128 Å². The molecular weight excluding hydrogens is 256 g/mol. The van der Waals surface area contributed by atoms with Crippen molar-refractivity contribution in [2.45, 2.75) is 50.5 Å². The standard InChI is InChI=1S/C19H28N2/c20-11-19(17-9-3-14(4-10-17)13-1-2-13)21-12-18(15-5-6-15)16-7-8-16/h3-4,9-10,13,15-16,18-19,21H,1-2,5-8,11-12,20H2. The molecule has 1 atom stereocenters. The minimum Gasteiger partial charge on any atom is -0.329 e. The Morgan fingerprint density at radius 2 is 1.57 bits per heavy atom. The molecule has 0 amide bonds. The van der Waals surface area contributed by atoms with Crippen molar-refractivity contribution in [1.82, 2.24) is 5.32 Å². The smallest absolute Gasteiger partial charge is 0.0444 e. The second kappa shape index (κ2) is 5.73. The summed E-state index contributed by atoms with van der Waals surface area (Å²) in [5.74, 6) is 3.79. The van der Waals surface area contributed by atoms with Gasteiger partial charge in [0.25, 0.3) is 0 Å². The van der Waals surface area contributed by atoms with Crippen LogP contribution < -0.4 is 11.1 Å². The summed E-state index contributed by atoms with van der Waals surface area (Å²) in [6.45, 7) is 1.87. The summed E-state index contributed by atoms with van der Waals surface area (Å²) in [5, 5.41) is 3.77. The molecule has 0 bridgehead atoms. The Kier molecular flexibility index (Phi) is 3.76. The van der Waals surface area contributed by atoms with Gasteiger partial charge in [-0.05, 0) is 79.9 Å². The lowest BCUT2D eigenvalue weighted by atomic mass is 9.96. The van der Waals surface area contributed by atoms with Gasteiger partial charge in [-0.25, -0.2) is 0 Å². The van der Waals surface area contributed by atoms with Crippen LogP contribution in [-0.4, -0.2) is 13.1 Å². The lowest BCUT2D eigenvalue weighted by Gasteiger charge is -2.22. The van der Waals surface area contributed by atoms with Crippen molar-refractivity contribution in [2.24, 2.45) is 23.5 Å². The molecule has 0 heterocycles. The molecule has 0 radical (unpaired) electrons. The molecule has 2 nitrogen and oxygen atoms in total. The number of benzene rings is 1. The molecule has 3 saturated carbocycles. The van der Waals surface area contributed by atoms with Crippen LogP contribution in [0.5, 0.6) is 0 Å². The summed E-state index contributed by atoms with van der Waals surface area (Å²) in [6, 6.07) is 9.55. The van der Waals surface area contributed by atoms with E-state index in [9.17, 15) is 0 Å². The minimum absolute atomic E-state index is 0.332. The third-order valence-electron chi connectivity index (χ3n) is 5.68.